The van der Waals surface area contributed by atoms with E-state index < -0.39 is 0 Å². The molecule has 0 bridgehead atoms. The van der Waals surface area contributed by atoms with E-state index in [0.29, 0.717) is 28.9 Å². The van der Waals surface area contributed by atoms with Gasteiger partial charge in [-0.3, -0.25) is 4.79 Å². The van der Waals surface area contributed by atoms with Gasteiger partial charge >= 0.3 is 0 Å². The van der Waals surface area contributed by atoms with Crippen molar-refractivity contribution in [1.82, 2.24) is 14.8 Å². The number of nitrogens with one attached hydrogen (secondary N) is 1. The van der Waals surface area contributed by atoms with Crippen molar-refractivity contribution in [2.24, 2.45) is 7.05 Å². The lowest BCUT2D eigenvalue weighted by Gasteiger charge is -2.11. The molecule has 1 aromatic heterocycles. The Kier molecular flexibility index (Phi) is 8.38. The highest BCUT2D eigenvalue weighted by atomic mass is 32.2. The van der Waals surface area contributed by atoms with E-state index >= 15 is 0 Å². The lowest BCUT2D eigenvalue weighted by molar-refractivity contribution is -0.113. The topological polar surface area (TPSA) is 87.5 Å². The Morgan fingerprint density at radius 1 is 1.06 bits per heavy atom. The van der Waals surface area contributed by atoms with Crippen LogP contribution < -0.4 is 19.5 Å². The number of anilines is 1. The van der Waals surface area contributed by atoms with Gasteiger partial charge in [0, 0.05) is 18.7 Å². The Morgan fingerprint density at radius 2 is 1.81 bits per heavy atom. The minimum Gasteiger partial charge on any atom is -0.497 e. The molecule has 0 radical (unpaired) electrons. The van der Waals surface area contributed by atoms with Crippen molar-refractivity contribution in [3.63, 3.8) is 0 Å². The summed E-state index contributed by atoms with van der Waals surface area (Å²) >= 11 is 1.31. The van der Waals surface area contributed by atoms with Crippen LogP contribution in [-0.4, -0.2) is 47.3 Å². The molecule has 0 aliphatic heterocycles. The lowest BCUT2D eigenvalue weighted by Crippen LogP contribution is -2.15. The zero-order chi connectivity index (χ0) is 22.9. The fourth-order valence-corrected chi connectivity index (χ4v) is 3.66. The fraction of sp³-hybridized carbons (Fsp3) is 0.348. The van der Waals surface area contributed by atoms with Gasteiger partial charge in [0.15, 0.2) is 11.0 Å². The normalized spacial score (nSPS) is 10.6. The van der Waals surface area contributed by atoms with Crippen LogP contribution in [0, 0.1) is 0 Å². The number of rotatable bonds is 11. The molecule has 2 aromatic carbocycles. The molecule has 3 aromatic rings. The SMILES string of the molecule is CCCCOc1ccc(-c2nnc(SCC(=O)Nc3ccc(OC)cc3OC)n2C)cc1. The molecule has 170 valence electrons. The van der Waals surface area contributed by atoms with Crippen molar-refractivity contribution in [1.29, 1.82) is 0 Å². The first kappa shape index (κ1) is 23.5. The number of methoxy groups -OCH3 is 2. The minimum atomic E-state index is -0.170. The standard InChI is InChI=1S/C23H28N4O4S/c1-5-6-13-31-17-9-7-16(8-10-17)22-25-26-23(27(22)2)32-15-21(28)24-19-12-11-18(29-3)14-20(19)30-4/h7-12,14H,5-6,13,15H2,1-4H3,(H,24,28). The minimum absolute atomic E-state index is 0.170. The molecule has 0 unspecified atom stereocenters. The third-order valence-corrected chi connectivity index (χ3v) is 5.75. The molecule has 32 heavy (non-hydrogen) atoms. The van der Waals surface area contributed by atoms with Gasteiger partial charge in [0.25, 0.3) is 0 Å². The van der Waals surface area contributed by atoms with E-state index in [-0.39, 0.29) is 11.7 Å². The second kappa shape index (κ2) is 11.4. The Hall–Kier alpha value is -3.20. The number of hydrogen-bond acceptors (Lipinski definition) is 7. The predicted molar refractivity (Wildman–Crippen MR) is 126 cm³/mol. The summed E-state index contributed by atoms with van der Waals surface area (Å²) in [6.45, 7) is 2.85. The van der Waals surface area contributed by atoms with Gasteiger partial charge in [0.05, 0.1) is 32.3 Å². The summed E-state index contributed by atoms with van der Waals surface area (Å²) in [7, 11) is 5.01. The van der Waals surface area contributed by atoms with Crippen molar-refractivity contribution < 1.29 is 19.0 Å². The molecule has 0 saturated carbocycles. The quantitative estimate of drug-likeness (QED) is 0.338. The van der Waals surface area contributed by atoms with E-state index in [1.165, 1.54) is 11.8 Å². The number of unbranched alkanes of at least 4 members (excludes halogenated alkanes) is 1. The van der Waals surface area contributed by atoms with Gasteiger partial charge in [-0.2, -0.15) is 0 Å². The van der Waals surface area contributed by atoms with Crippen LogP contribution in [0.15, 0.2) is 47.6 Å². The third-order valence-electron chi connectivity index (χ3n) is 4.73. The Morgan fingerprint density at radius 3 is 2.50 bits per heavy atom. The van der Waals surface area contributed by atoms with Crippen LogP contribution in [0.5, 0.6) is 17.2 Å². The molecular formula is C23H28N4O4S. The zero-order valence-electron chi connectivity index (χ0n) is 18.8. The number of amides is 1. The van der Waals surface area contributed by atoms with Crippen LogP contribution in [0.4, 0.5) is 5.69 Å². The molecule has 0 fully saturated rings. The maximum Gasteiger partial charge on any atom is 0.234 e. The number of hydrogen-bond donors (Lipinski definition) is 1. The summed E-state index contributed by atoms with van der Waals surface area (Å²) in [4.78, 5) is 12.5. The maximum absolute atomic E-state index is 12.5. The van der Waals surface area contributed by atoms with Gasteiger partial charge in [0.2, 0.25) is 5.91 Å². The summed E-state index contributed by atoms with van der Waals surface area (Å²) in [5.74, 6) is 2.77. The molecule has 8 nitrogen and oxygen atoms in total. The van der Waals surface area contributed by atoms with Crippen LogP contribution in [0.2, 0.25) is 0 Å². The summed E-state index contributed by atoms with van der Waals surface area (Å²) < 4.78 is 18.1. The molecule has 0 saturated heterocycles. The molecule has 0 aliphatic rings. The van der Waals surface area contributed by atoms with Crippen LogP contribution in [-0.2, 0) is 11.8 Å². The second-order valence-electron chi connectivity index (χ2n) is 6.99. The first-order chi connectivity index (χ1) is 15.5. The van der Waals surface area contributed by atoms with Crippen LogP contribution in [0.1, 0.15) is 19.8 Å². The van der Waals surface area contributed by atoms with Crippen molar-refractivity contribution >= 4 is 23.4 Å². The molecule has 0 atom stereocenters. The van der Waals surface area contributed by atoms with E-state index in [2.05, 4.69) is 22.4 Å². The molecule has 1 N–H and O–H groups in total. The van der Waals surface area contributed by atoms with E-state index in [9.17, 15) is 4.79 Å². The highest BCUT2D eigenvalue weighted by Crippen LogP contribution is 2.29. The first-order valence-corrected chi connectivity index (χ1v) is 11.3. The number of carbonyl (C=O) groups is 1. The monoisotopic (exact) mass is 456 g/mol. The summed E-state index contributed by atoms with van der Waals surface area (Å²) in [6, 6.07) is 13.0. The largest absolute Gasteiger partial charge is 0.497 e. The highest BCUT2D eigenvalue weighted by molar-refractivity contribution is 7.99. The van der Waals surface area contributed by atoms with Gasteiger partial charge in [-0.05, 0) is 42.8 Å². The Labute approximate surface area is 192 Å². The zero-order valence-corrected chi connectivity index (χ0v) is 19.6. The van der Waals surface area contributed by atoms with E-state index in [1.807, 2.05) is 35.9 Å². The fourth-order valence-electron chi connectivity index (χ4n) is 2.94. The molecule has 0 aliphatic carbocycles. The molecule has 9 heteroatoms. The number of nitrogens with zero attached hydrogens (tertiary/aromatic N) is 3. The van der Waals surface area contributed by atoms with E-state index in [1.54, 1.807) is 32.4 Å². The molecule has 1 heterocycles. The lowest BCUT2D eigenvalue weighted by atomic mass is 10.2. The van der Waals surface area contributed by atoms with Crippen LogP contribution in [0.3, 0.4) is 0 Å². The second-order valence-corrected chi connectivity index (χ2v) is 7.94. The first-order valence-electron chi connectivity index (χ1n) is 10.3. The summed E-state index contributed by atoms with van der Waals surface area (Å²) in [5, 5.41) is 12.0. The van der Waals surface area contributed by atoms with Gasteiger partial charge in [-0.1, -0.05) is 25.1 Å². The Bertz CT molecular complexity index is 1040. The van der Waals surface area contributed by atoms with Crippen molar-refractivity contribution in [2.45, 2.75) is 24.9 Å². The molecule has 0 spiro atoms. The molecular weight excluding hydrogens is 428 g/mol. The maximum atomic E-state index is 12.5. The van der Waals surface area contributed by atoms with E-state index in [0.717, 1.165) is 30.0 Å². The van der Waals surface area contributed by atoms with Crippen molar-refractivity contribution in [2.75, 3.05) is 31.9 Å². The molecule has 3 rings (SSSR count). The summed E-state index contributed by atoms with van der Waals surface area (Å²) in [5.41, 5.74) is 1.51. The van der Waals surface area contributed by atoms with Crippen molar-refractivity contribution in [3.8, 4) is 28.6 Å². The van der Waals surface area contributed by atoms with Gasteiger partial charge in [-0.25, -0.2) is 0 Å². The van der Waals surface area contributed by atoms with Gasteiger partial charge in [0.1, 0.15) is 17.2 Å². The van der Waals surface area contributed by atoms with Crippen LogP contribution in [0.25, 0.3) is 11.4 Å². The number of ether oxygens (including phenoxy) is 3. The number of carbonyl (C=O) groups excluding carboxylic acids is 1. The smallest absolute Gasteiger partial charge is 0.234 e. The predicted octanol–water partition coefficient (Wildman–Crippen LogP) is 4.41. The van der Waals surface area contributed by atoms with Crippen LogP contribution >= 0.6 is 11.8 Å². The van der Waals surface area contributed by atoms with Gasteiger partial charge in [-0.15, -0.1) is 10.2 Å². The molecule has 1 amide bonds. The average Bonchev–Trinajstić information content (AvgIpc) is 3.18. The Balaban J connectivity index is 1.59. The number of benzene rings is 2. The van der Waals surface area contributed by atoms with Gasteiger partial charge < -0.3 is 24.1 Å². The number of thioether (sulfide) groups is 1. The van der Waals surface area contributed by atoms with Crippen molar-refractivity contribution in [3.05, 3.63) is 42.5 Å². The average molecular weight is 457 g/mol. The highest BCUT2D eigenvalue weighted by Gasteiger charge is 2.14. The summed E-state index contributed by atoms with van der Waals surface area (Å²) in [6.07, 6.45) is 2.13. The third kappa shape index (κ3) is 5.94. The number of aromatic nitrogens is 3. The van der Waals surface area contributed by atoms with E-state index in [4.69, 9.17) is 14.2 Å².